The fraction of sp³-hybridized carbons (Fsp3) is 0.316. The van der Waals surface area contributed by atoms with Gasteiger partial charge in [0.2, 0.25) is 6.79 Å². The summed E-state index contributed by atoms with van der Waals surface area (Å²) < 4.78 is 16.7. The average molecular weight is 323 g/mol. The Balaban J connectivity index is 1.92. The molecule has 5 rings (SSSR count). The lowest BCUT2D eigenvalue weighted by atomic mass is 9.72. The second-order valence-corrected chi connectivity index (χ2v) is 6.48. The van der Waals surface area contributed by atoms with Crippen molar-refractivity contribution in [2.75, 3.05) is 20.4 Å². The van der Waals surface area contributed by atoms with Crippen LogP contribution in [0.3, 0.4) is 0 Å². The predicted molar refractivity (Wildman–Crippen MR) is 89.2 cm³/mol. The lowest BCUT2D eigenvalue weighted by molar-refractivity contribution is 0.132. The van der Waals surface area contributed by atoms with Crippen molar-refractivity contribution in [2.45, 2.75) is 18.9 Å². The zero-order valence-corrected chi connectivity index (χ0v) is 13.5. The molecule has 0 fully saturated rings. The third-order valence-electron chi connectivity index (χ3n) is 5.11. The number of benzene rings is 2. The number of ether oxygens (including phenoxy) is 3. The van der Waals surface area contributed by atoms with E-state index in [1.54, 1.807) is 14.0 Å². The number of fused-ring (bicyclic) bond motifs is 4. The SMILES string of the molecule is COc1ccc2c(c1)C(C)(O)C1=NCCc3cc4c(c-2c31)OCO4. The van der Waals surface area contributed by atoms with Crippen molar-refractivity contribution in [1.29, 1.82) is 0 Å². The molecular formula is C19H17NO4. The number of aliphatic imine (C=N–C) groups is 1. The highest BCUT2D eigenvalue weighted by Crippen LogP contribution is 2.53. The van der Waals surface area contributed by atoms with Gasteiger partial charge in [0.15, 0.2) is 11.5 Å². The summed E-state index contributed by atoms with van der Waals surface area (Å²) in [5.74, 6) is 2.22. The molecule has 1 unspecified atom stereocenters. The minimum atomic E-state index is -1.17. The van der Waals surface area contributed by atoms with Crippen LogP contribution in [0.5, 0.6) is 17.2 Å². The van der Waals surface area contributed by atoms with Gasteiger partial charge in [-0.1, -0.05) is 6.07 Å². The lowest BCUT2D eigenvalue weighted by Crippen LogP contribution is -2.39. The van der Waals surface area contributed by atoms with Gasteiger partial charge in [-0.15, -0.1) is 0 Å². The predicted octanol–water partition coefficient (Wildman–Crippen LogP) is 2.66. The van der Waals surface area contributed by atoms with Gasteiger partial charge in [-0.05, 0) is 42.7 Å². The first-order chi connectivity index (χ1) is 11.6. The number of methoxy groups -OCH3 is 1. The molecule has 0 radical (unpaired) electrons. The minimum Gasteiger partial charge on any atom is -0.497 e. The summed E-state index contributed by atoms with van der Waals surface area (Å²) in [5, 5.41) is 11.3. The van der Waals surface area contributed by atoms with Crippen LogP contribution in [0.15, 0.2) is 29.3 Å². The van der Waals surface area contributed by atoms with Crippen molar-refractivity contribution < 1.29 is 19.3 Å². The molecule has 0 aromatic heterocycles. The van der Waals surface area contributed by atoms with Crippen molar-refractivity contribution in [1.82, 2.24) is 0 Å². The molecular weight excluding hydrogens is 306 g/mol. The van der Waals surface area contributed by atoms with Gasteiger partial charge in [0, 0.05) is 23.2 Å². The Labute approximate surface area is 139 Å². The Morgan fingerprint density at radius 2 is 2.08 bits per heavy atom. The number of rotatable bonds is 1. The lowest BCUT2D eigenvalue weighted by Gasteiger charge is -2.37. The maximum absolute atomic E-state index is 11.3. The molecule has 1 aliphatic carbocycles. The monoisotopic (exact) mass is 323 g/mol. The van der Waals surface area contributed by atoms with E-state index in [1.807, 2.05) is 24.3 Å². The highest BCUT2D eigenvalue weighted by atomic mass is 16.7. The Morgan fingerprint density at radius 3 is 2.92 bits per heavy atom. The maximum atomic E-state index is 11.3. The van der Waals surface area contributed by atoms with Crippen LogP contribution in [-0.2, 0) is 12.0 Å². The normalized spacial score (nSPS) is 22.5. The first kappa shape index (κ1) is 13.9. The number of aliphatic hydroxyl groups is 1. The molecule has 0 saturated heterocycles. The third-order valence-corrected chi connectivity index (χ3v) is 5.11. The van der Waals surface area contributed by atoms with Gasteiger partial charge in [0.1, 0.15) is 11.4 Å². The molecule has 1 N–H and O–H groups in total. The number of nitrogens with zero attached hydrogens (tertiary/aromatic N) is 1. The van der Waals surface area contributed by atoms with Crippen LogP contribution in [0.4, 0.5) is 0 Å². The van der Waals surface area contributed by atoms with Gasteiger partial charge < -0.3 is 19.3 Å². The second-order valence-electron chi connectivity index (χ2n) is 6.48. The van der Waals surface area contributed by atoms with Gasteiger partial charge in [0.25, 0.3) is 0 Å². The van der Waals surface area contributed by atoms with E-state index in [-0.39, 0.29) is 6.79 Å². The zero-order valence-electron chi connectivity index (χ0n) is 13.5. The third kappa shape index (κ3) is 1.60. The second kappa shape index (κ2) is 4.51. The fourth-order valence-corrected chi connectivity index (χ4v) is 3.98. The molecule has 24 heavy (non-hydrogen) atoms. The molecule has 0 saturated carbocycles. The molecule has 2 aromatic carbocycles. The van der Waals surface area contributed by atoms with E-state index < -0.39 is 5.60 Å². The molecule has 2 heterocycles. The van der Waals surface area contributed by atoms with E-state index in [1.165, 1.54) is 0 Å². The summed E-state index contributed by atoms with van der Waals surface area (Å²) in [5.41, 5.74) is 4.39. The molecule has 0 spiro atoms. The summed E-state index contributed by atoms with van der Waals surface area (Å²) in [6.07, 6.45) is 0.837. The van der Waals surface area contributed by atoms with Crippen LogP contribution in [0, 0.1) is 0 Å². The van der Waals surface area contributed by atoms with Crippen LogP contribution >= 0.6 is 0 Å². The molecule has 1 atom stereocenters. The van der Waals surface area contributed by atoms with Crippen LogP contribution in [-0.4, -0.2) is 31.3 Å². The van der Waals surface area contributed by atoms with Gasteiger partial charge in [0.05, 0.1) is 12.8 Å². The molecule has 5 heteroatoms. The zero-order chi connectivity index (χ0) is 16.5. The van der Waals surface area contributed by atoms with Crippen LogP contribution in [0.1, 0.15) is 23.6 Å². The van der Waals surface area contributed by atoms with Crippen molar-refractivity contribution in [3.8, 4) is 28.4 Å². The molecule has 122 valence electrons. The Kier molecular flexibility index (Phi) is 2.61. The quantitative estimate of drug-likeness (QED) is 0.876. The number of hydrogen-bond acceptors (Lipinski definition) is 5. The Morgan fingerprint density at radius 1 is 1.21 bits per heavy atom. The summed E-state index contributed by atoms with van der Waals surface area (Å²) in [6, 6.07) is 7.79. The van der Waals surface area contributed by atoms with Gasteiger partial charge in [-0.3, -0.25) is 4.99 Å². The van der Waals surface area contributed by atoms with Gasteiger partial charge in [-0.25, -0.2) is 0 Å². The van der Waals surface area contributed by atoms with Crippen molar-refractivity contribution in [3.63, 3.8) is 0 Å². The summed E-state index contributed by atoms with van der Waals surface area (Å²) in [7, 11) is 1.62. The van der Waals surface area contributed by atoms with Gasteiger partial charge >= 0.3 is 0 Å². The van der Waals surface area contributed by atoms with E-state index in [9.17, 15) is 5.11 Å². The minimum absolute atomic E-state index is 0.222. The van der Waals surface area contributed by atoms with Crippen molar-refractivity contribution in [3.05, 3.63) is 41.0 Å². The fourth-order valence-electron chi connectivity index (χ4n) is 3.98. The van der Waals surface area contributed by atoms with Crippen LogP contribution < -0.4 is 14.2 Å². The van der Waals surface area contributed by atoms with Crippen molar-refractivity contribution >= 4 is 5.71 Å². The van der Waals surface area contributed by atoms with E-state index in [0.29, 0.717) is 18.0 Å². The standard InChI is InChI=1S/C19H17NO4/c1-19(21)13-8-11(22-2)3-4-12(13)16-15-10(5-6-20-18(15)19)7-14-17(16)24-9-23-14/h3-4,7-8,21H,5-6,9H2,1-2H3. The van der Waals surface area contributed by atoms with E-state index in [0.717, 1.165) is 45.7 Å². The number of hydrogen-bond donors (Lipinski definition) is 1. The summed E-state index contributed by atoms with van der Waals surface area (Å²) in [6.45, 7) is 2.68. The first-order valence-electron chi connectivity index (χ1n) is 8.03. The first-order valence-corrected chi connectivity index (χ1v) is 8.03. The summed E-state index contributed by atoms with van der Waals surface area (Å²) >= 11 is 0. The molecule has 3 aliphatic rings. The molecule has 5 nitrogen and oxygen atoms in total. The largest absolute Gasteiger partial charge is 0.497 e. The highest BCUT2D eigenvalue weighted by Gasteiger charge is 2.44. The summed E-state index contributed by atoms with van der Waals surface area (Å²) in [4.78, 5) is 4.66. The molecule has 2 aliphatic heterocycles. The van der Waals surface area contributed by atoms with Gasteiger partial charge in [-0.2, -0.15) is 0 Å². The van der Waals surface area contributed by atoms with Crippen LogP contribution in [0.25, 0.3) is 11.1 Å². The Hall–Kier alpha value is -2.53. The smallest absolute Gasteiger partial charge is 0.231 e. The Bertz CT molecular complexity index is 914. The maximum Gasteiger partial charge on any atom is 0.231 e. The van der Waals surface area contributed by atoms with Crippen LogP contribution in [0.2, 0.25) is 0 Å². The van der Waals surface area contributed by atoms with E-state index in [4.69, 9.17) is 14.2 Å². The van der Waals surface area contributed by atoms with Crippen molar-refractivity contribution in [2.24, 2.45) is 4.99 Å². The molecule has 2 aromatic rings. The molecule has 0 bridgehead atoms. The van der Waals surface area contributed by atoms with E-state index in [2.05, 4.69) is 4.99 Å². The highest BCUT2D eigenvalue weighted by molar-refractivity contribution is 6.17. The van der Waals surface area contributed by atoms with E-state index >= 15 is 0 Å². The molecule has 0 amide bonds. The topological polar surface area (TPSA) is 60.3 Å². The average Bonchev–Trinajstić information content (AvgIpc) is 3.06.